The Morgan fingerprint density at radius 2 is 1.79 bits per heavy atom. The van der Waals surface area contributed by atoms with Gasteiger partial charge in [0.1, 0.15) is 24.6 Å². The van der Waals surface area contributed by atoms with Crippen LogP contribution >= 0.6 is 7.82 Å². The molecule has 3 aromatic rings. The molecule has 4 atom stereocenters. The van der Waals surface area contributed by atoms with Crippen LogP contribution < -0.4 is 5.32 Å². The maximum absolute atomic E-state index is 13.6. The van der Waals surface area contributed by atoms with Crippen LogP contribution in [0.5, 0.6) is 11.5 Å². The Balaban J connectivity index is 1.58. The van der Waals surface area contributed by atoms with Crippen molar-refractivity contribution in [3.63, 3.8) is 0 Å². The van der Waals surface area contributed by atoms with Crippen LogP contribution in [0.3, 0.4) is 0 Å². The maximum Gasteiger partial charge on any atom is 0.469 e. The van der Waals surface area contributed by atoms with Crippen LogP contribution in [-0.2, 0) is 20.4 Å². The highest BCUT2D eigenvalue weighted by Crippen LogP contribution is 2.39. The first-order chi connectivity index (χ1) is 16.0. The van der Waals surface area contributed by atoms with Gasteiger partial charge in [-0.15, -0.1) is 0 Å². The van der Waals surface area contributed by atoms with E-state index < -0.39 is 74.2 Å². The van der Waals surface area contributed by atoms with Gasteiger partial charge < -0.3 is 40.3 Å². The van der Waals surface area contributed by atoms with E-state index in [2.05, 4.69) is 24.8 Å². The number of hydrogen-bond donors (Lipinski definition) is 7. The molecule has 1 aromatic carbocycles. The number of hydrogen-bond acceptors (Lipinski definition) is 11. The summed E-state index contributed by atoms with van der Waals surface area (Å²) in [5.74, 6) is -4.42. The molecule has 14 nitrogen and oxygen atoms in total. The molecular weight excluding hydrogens is 487 g/mol. The van der Waals surface area contributed by atoms with E-state index in [4.69, 9.17) is 14.5 Å². The second kappa shape index (κ2) is 8.99. The van der Waals surface area contributed by atoms with Crippen molar-refractivity contribution in [3.05, 3.63) is 35.9 Å². The lowest BCUT2D eigenvalue weighted by atomic mass is 10.1. The van der Waals surface area contributed by atoms with Crippen molar-refractivity contribution < 1.29 is 52.8 Å². The maximum atomic E-state index is 13.6. The predicted molar refractivity (Wildman–Crippen MR) is 106 cm³/mol. The monoisotopic (exact) mass is 505 g/mol. The van der Waals surface area contributed by atoms with Gasteiger partial charge in [-0.05, 0) is 0 Å². The number of imidazole rings is 1. The summed E-state index contributed by atoms with van der Waals surface area (Å²) >= 11 is 0. The van der Waals surface area contributed by atoms with Crippen molar-refractivity contribution in [1.82, 2.24) is 19.5 Å². The van der Waals surface area contributed by atoms with Gasteiger partial charge in [-0.1, -0.05) is 0 Å². The smallest absolute Gasteiger partial charge is 0.469 e. The number of phenols is 2. The lowest BCUT2D eigenvalue weighted by Gasteiger charge is -2.16. The van der Waals surface area contributed by atoms with Crippen molar-refractivity contribution in [2.45, 2.75) is 31.1 Å². The molecule has 184 valence electrons. The van der Waals surface area contributed by atoms with Crippen LogP contribution in [0.4, 0.5) is 14.6 Å². The molecule has 1 saturated heterocycles. The van der Waals surface area contributed by atoms with Gasteiger partial charge in [0.15, 0.2) is 46.3 Å². The minimum Gasteiger partial charge on any atom is -0.504 e. The number of nitrogens with one attached hydrogen (secondary N) is 1. The van der Waals surface area contributed by atoms with E-state index in [9.17, 15) is 33.8 Å². The molecule has 0 bridgehead atoms. The summed E-state index contributed by atoms with van der Waals surface area (Å²) < 4.78 is 49.2. The molecular formula is C17H18F2N5O9P. The molecule has 0 aliphatic carbocycles. The molecule has 0 radical (unpaired) electrons. The summed E-state index contributed by atoms with van der Waals surface area (Å²) in [6, 6.07) is 0.332. The van der Waals surface area contributed by atoms with E-state index in [0.29, 0.717) is 6.07 Å². The molecule has 34 heavy (non-hydrogen) atoms. The number of phosphoric acid groups is 1. The minimum absolute atomic E-state index is 0.0293. The van der Waals surface area contributed by atoms with Crippen LogP contribution in [0.25, 0.3) is 11.2 Å². The number of aromatic hydroxyl groups is 2. The number of nitrogens with zero attached hydrogens (tertiary/aromatic N) is 4. The Morgan fingerprint density at radius 1 is 1.12 bits per heavy atom. The van der Waals surface area contributed by atoms with Gasteiger partial charge in [-0.3, -0.25) is 9.09 Å². The number of aliphatic hydroxyl groups excluding tert-OH is 2. The van der Waals surface area contributed by atoms with E-state index in [1.807, 2.05) is 0 Å². The van der Waals surface area contributed by atoms with Crippen LogP contribution in [0.1, 0.15) is 11.8 Å². The third-order valence-corrected chi connectivity index (χ3v) is 5.57. The van der Waals surface area contributed by atoms with Gasteiger partial charge in [0.2, 0.25) is 0 Å². The number of fused-ring (bicyclic) bond motifs is 1. The Morgan fingerprint density at radius 3 is 2.44 bits per heavy atom. The third-order valence-electron chi connectivity index (χ3n) is 5.09. The lowest BCUT2D eigenvalue weighted by molar-refractivity contribution is -0.0504. The normalized spacial score (nSPS) is 23.0. The summed E-state index contributed by atoms with van der Waals surface area (Å²) in [6.07, 6.45) is -3.37. The van der Waals surface area contributed by atoms with Crippen molar-refractivity contribution in [3.8, 4) is 11.5 Å². The molecule has 4 rings (SSSR count). The molecule has 7 N–H and O–H groups in total. The Labute approximate surface area is 188 Å². The molecule has 0 unspecified atom stereocenters. The molecule has 1 fully saturated rings. The largest absolute Gasteiger partial charge is 0.504 e. The van der Waals surface area contributed by atoms with Gasteiger partial charge in [-0.2, -0.15) is 0 Å². The predicted octanol–water partition coefficient (Wildman–Crippen LogP) is -0.144. The molecule has 2 aromatic heterocycles. The van der Waals surface area contributed by atoms with Crippen LogP contribution in [0.15, 0.2) is 18.7 Å². The van der Waals surface area contributed by atoms with Gasteiger partial charge in [0, 0.05) is 12.6 Å². The lowest BCUT2D eigenvalue weighted by Crippen LogP contribution is -2.33. The SMILES string of the molecule is O=P(O)(O)OC[C@H]1O[C@@H](n2cnc3c(NCc4c(O)c(F)cc(F)c4O)ncnc32)[C@H](O)[C@@H]1O. The average Bonchev–Trinajstić information content (AvgIpc) is 3.32. The highest BCUT2D eigenvalue weighted by atomic mass is 31.2. The number of halogens is 2. The highest BCUT2D eigenvalue weighted by molar-refractivity contribution is 7.46. The summed E-state index contributed by atoms with van der Waals surface area (Å²) in [6.45, 7) is -1.15. The van der Waals surface area contributed by atoms with Crippen molar-refractivity contribution >= 4 is 24.8 Å². The molecule has 0 spiro atoms. The number of rotatable bonds is 7. The van der Waals surface area contributed by atoms with Gasteiger partial charge in [-0.25, -0.2) is 28.3 Å². The second-order valence-corrected chi connectivity index (χ2v) is 8.49. The zero-order chi connectivity index (χ0) is 24.8. The first-order valence-corrected chi connectivity index (χ1v) is 11.0. The molecule has 0 amide bonds. The van der Waals surface area contributed by atoms with E-state index in [-0.39, 0.29) is 17.0 Å². The molecule has 0 saturated carbocycles. The number of anilines is 1. The fourth-order valence-electron chi connectivity index (χ4n) is 3.42. The van der Waals surface area contributed by atoms with E-state index >= 15 is 0 Å². The zero-order valence-electron chi connectivity index (χ0n) is 16.9. The quantitative estimate of drug-likeness (QED) is 0.209. The topological polar surface area (TPSA) is 213 Å². The Bertz CT molecular complexity index is 1250. The van der Waals surface area contributed by atoms with Crippen molar-refractivity contribution in [2.75, 3.05) is 11.9 Å². The summed E-state index contributed by atoms with van der Waals surface area (Å²) in [5, 5.41) is 42.8. The van der Waals surface area contributed by atoms with E-state index in [1.54, 1.807) is 0 Å². The number of benzene rings is 1. The first-order valence-electron chi connectivity index (χ1n) is 9.49. The zero-order valence-corrected chi connectivity index (χ0v) is 17.8. The fourth-order valence-corrected chi connectivity index (χ4v) is 3.76. The summed E-state index contributed by atoms with van der Waals surface area (Å²) in [5.41, 5.74) is -0.281. The van der Waals surface area contributed by atoms with Crippen LogP contribution in [0, 0.1) is 11.6 Å². The summed E-state index contributed by atoms with van der Waals surface area (Å²) in [7, 11) is -4.84. The van der Waals surface area contributed by atoms with Crippen LogP contribution in [-0.4, -0.2) is 74.7 Å². The first kappa shape index (κ1) is 24.2. The number of ether oxygens (including phenoxy) is 1. The molecule has 1 aliphatic heterocycles. The molecule has 1 aliphatic rings. The molecule has 3 heterocycles. The summed E-state index contributed by atoms with van der Waals surface area (Å²) in [4.78, 5) is 29.8. The highest BCUT2D eigenvalue weighted by Gasteiger charge is 2.45. The van der Waals surface area contributed by atoms with Gasteiger partial charge >= 0.3 is 7.82 Å². The third kappa shape index (κ3) is 4.52. The second-order valence-electron chi connectivity index (χ2n) is 7.25. The van der Waals surface area contributed by atoms with Crippen molar-refractivity contribution in [1.29, 1.82) is 0 Å². The fraction of sp³-hybridized carbons (Fsp3) is 0.353. The number of phosphoric ester groups is 1. The minimum atomic E-state index is -4.84. The Hall–Kier alpha value is -2.98. The number of aliphatic hydroxyl groups is 2. The van der Waals surface area contributed by atoms with E-state index in [1.165, 1.54) is 10.9 Å². The van der Waals surface area contributed by atoms with Gasteiger partial charge in [0.25, 0.3) is 0 Å². The number of aromatic nitrogens is 4. The van der Waals surface area contributed by atoms with E-state index in [0.717, 1.165) is 6.33 Å². The van der Waals surface area contributed by atoms with Crippen LogP contribution in [0.2, 0.25) is 0 Å². The van der Waals surface area contributed by atoms with Gasteiger partial charge in [0.05, 0.1) is 18.5 Å². The average molecular weight is 505 g/mol. The standard InChI is InChI=1S/C17H18F2N5O9P/c18-7-1-8(19)12(26)6(11(7)25)2-20-15-10-16(22-4-21-15)24(5-23-10)17-14(28)13(27)9(33-17)3-32-34(29,30)31/h1,4-5,9,13-14,17,25-28H,2-3H2,(H,20,21,22)(H2,29,30,31)/t9-,13-,14-,17-/m1/s1. The Kier molecular flexibility index (Phi) is 6.39. The molecule has 17 heteroatoms. The van der Waals surface area contributed by atoms with Crippen molar-refractivity contribution in [2.24, 2.45) is 0 Å². The number of phenolic OH excluding ortho intramolecular Hbond substituents is 2.